The Kier molecular flexibility index (Phi) is 5.24. The Morgan fingerprint density at radius 3 is 2.95 bits per heavy atom. The molecule has 3 aliphatic rings. The molecule has 3 saturated heterocycles. The fraction of sp³-hybridized carbons (Fsp3) is 1.00. The third kappa shape index (κ3) is 3.17. The predicted molar refractivity (Wildman–Crippen MR) is 89.9 cm³/mol. The first-order chi connectivity index (χ1) is 9.74. The summed E-state index contributed by atoms with van der Waals surface area (Å²) in [7, 11) is 4.46. The summed E-state index contributed by atoms with van der Waals surface area (Å²) >= 11 is 4.20. The Balaban J connectivity index is 1.68. The van der Waals surface area contributed by atoms with Gasteiger partial charge in [-0.1, -0.05) is 0 Å². The van der Waals surface area contributed by atoms with Crippen molar-refractivity contribution in [3.63, 3.8) is 0 Å². The number of thioether (sulfide) groups is 2. The molecule has 0 aliphatic carbocycles. The molecule has 1 spiro atoms. The predicted octanol–water partition coefficient (Wildman–Crippen LogP) is 1.92. The van der Waals surface area contributed by atoms with Gasteiger partial charge < -0.3 is 15.0 Å². The molecule has 0 amide bonds. The zero-order valence-corrected chi connectivity index (χ0v) is 14.4. The van der Waals surface area contributed by atoms with E-state index in [1.54, 1.807) is 0 Å². The first-order valence-electron chi connectivity index (χ1n) is 7.91. The molecule has 20 heavy (non-hydrogen) atoms. The molecule has 0 bridgehead atoms. The Morgan fingerprint density at radius 1 is 1.35 bits per heavy atom. The lowest BCUT2D eigenvalue weighted by Crippen LogP contribution is -2.57. The van der Waals surface area contributed by atoms with Gasteiger partial charge >= 0.3 is 0 Å². The minimum absolute atomic E-state index is 0.211. The van der Waals surface area contributed by atoms with Gasteiger partial charge in [-0.05, 0) is 45.0 Å². The summed E-state index contributed by atoms with van der Waals surface area (Å²) in [4.78, 5) is 2.57. The van der Waals surface area contributed by atoms with Gasteiger partial charge in [0.25, 0.3) is 0 Å². The van der Waals surface area contributed by atoms with Crippen LogP contribution >= 0.6 is 23.5 Å². The summed E-state index contributed by atoms with van der Waals surface area (Å²) in [5.74, 6) is 5.85. The molecule has 3 rings (SSSR count). The average Bonchev–Trinajstić information content (AvgIpc) is 2.90. The number of likely N-dealkylation sites (N-methyl/N-ethyl adjacent to an activating group) is 2. The van der Waals surface area contributed by atoms with Gasteiger partial charge in [-0.3, -0.25) is 0 Å². The smallest absolute Gasteiger partial charge is 0.0783 e. The van der Waals surface area contributed by atoms with Gasteiger partial charge in [-0.15, -0.1) is 0 Å². The van der Waals surface area contributed by atoms with E-state index in [1.807, 2.05) is 0 Å². The molecule has 3 nitrogen and oxygen atoms in total. The fourth-order valence-corrected chi connectivity index (χ4v) is 6.73. The highest BCUT2D eigenvalue weighted by Gasteiger charge is 2.44. The highest BCUT2D eigenvalue weighted by molar-refractivity contribution is 7.99. The average molecular weight is 317 g/mol. The maximum absolute atomic E-state index is 6.20. The van der Waals surface area contributed by atoms with Crippen LogP contribution in [0.25, 0.3) is 0 Å². The molecule has 0 aromatic carbocycles. The Hall–Kier alpha value is 0.580. The number of rotatable bonds is 3. The Morgan fingerprint density at radius 2 is 2.25 bits per heavy atom. The van der Waals surface area contributed by atoms with Crippen molar-refractivity contribution in [2.24, 2.45) is 5.92 Å². The van der Waals surface area contributed by atoms with Crippen LogP contribution in [0.2, 0.25) is 0 Å². The van der Waals surface area contributed by atoms with Gasteiger partial charge in [0, 0.05) is 42.5 Å². The number of hydrogen-bond donors (Lipinski definition) is 1. The van der Waals surface area contributed by atoms with Crippen molar-refractivity contribution in [2.75, 3.05) is 50.3 Å². The van der Waals surface area contributed by atoms with Gasteiger partial charge in [0.05, 0.1) is 5.60 Å². The zero-order chi connectivity index (χ0) is 14.0. The monoisotopic (exact) mass is 316 g/mol. The number of nitrogens with one attached hydrogen (secondary N) is 1. The summed E-state index contributed by atoms with van der Waals surface area (Å²) in [6, 6.07) is 1.31. The van der Waals surface area contributed by atoms with Crippen molar-refractivity contribution in [3.05, 3.63) is 0 Å². The molecule has 0 radical (unpaired) electrons. The standard InChI is InChI=1S/C15H28N2OS2/c1-16-14(13-10-19-8-5-17(13)2)12-3-6-18-15(9-12)4-7-20-11-15/h12-14,16H,3-11H2,1-2H3. The van der Waals surface area contributed by atoms with E-state index < -0.39 is 0 Å². The van der Waals surface area contributed by atoms with Crippen molar-refractivity contribution in [2.45, 2.75) is 36.9 Å². The highest BCUT2D eigenvalue weighted by Crippen LogP contribution is 2.42. The lowest BCUT2D eigenvalue weighted by molar-refractivity contribution is -0.0884. The van der Waals surface area contributed by atoms with Crippen LogP contribution in [0.4, 0.5) is 0 Å². The summed E-state index contributed by atoms with van der Waals surface area (Å²) in [6.07, 6.45) is 3.76. The molecule has 0 saturated carbocycles. The second-order valence-corrected chi connectivity index (χ2v) is 8.78. The van der Waals surface area contributed by atoms with E-state index >= 15 is 0 Å². The Bertz CT molecular complexity index is 323. The molecule has 5 heteroatoms. The molecule has 4 unspecified atom stereocenters. The van der Waals surface area contributed by atoms with Crippen molar-refractivity contribution in [3.8, 4) is 0 Å². The van der Waals surface area contributed by atoms with Gasteiger partial charge in [0.1, 0.15) is 0 Å². The number of nitrogens with zero attached hydrogens (tertiary/aromatic N) is 1. The van der Waals surface area contributed by atoms with E-state index in [0.29, 0.717) is 12.1 Å². The molecule has 3 heterocycles. The summed E-state index contributed by atoms with van der Waals surface area (Å²) in [5.41, 5.74) is 0.211. The minimum atomic E-state index is 0.211. The first-order valence-corrected chi connectivity index (χ1v) is 10.2. The molecule has 0 aromatic rings. The van der Waals surface area contributed by atoms with Crippen LogP contribution in [0, 0.1) is 5.92 Å². The first kappa shape index (κ1) is 15.5. The summed E-state index contributed by atoms with van der Waals surface area (Å²) < 4.78 is 6.20. The maximum atomic E-state index is 6.20. The minimum Gasteiger partial charge on any atom is -0.374 e. The fourth-order valence-electron chi connectivity index (χ4n) is 4.06. The van der Waals surface area contributed by atoms with Crippen molar-refractivity contribution < 1.29 is 4.74 Å². The van der Waals surface area contributed by atoms with E-state index in [-0.39, 0.29) is 5.60 Å². The lowest BCUT2D eigenvalue weighted by Gasteiger charge is -2.46. The maximum Gasteiger partial charge on any atom is 0.0783 e. The molecule has 0 aromatic heterocycles. The number of ether oxygens (including phenoxy) is 1. The van der Waals surface area contributed by atoms with Crippen molar-refractivity contribution in [1.29, 1.82) is 0 Å². The van der Waals surface area contributed by atoms with Crippen LogP contribution in [0.15, 0.2) is 0 Å². The van der Waals surface area contributed by atoms with Gasteiger partial charge in [0.2, 0.25) is 0 Å². The second kappa shape index (κ2) is 6.78. The molecule has 116 valence electrons. The normalized spacial score (nSPS) is 41.1. The third-order valence-electron chi connectivity index (χ3n) is 5.30. The van der Waals surface area contributed by atoms with E-state index in [2.05, 4.69) is 47.8 Å². The molecular weight excluding hydrogens is 288 g/mol. The van der Waals surface area contributed by atoms with Crippen LogP contribution in [-0.4, -0.2) is 72.8 Å². The van der Waals surface area contributed by atoms with E-state index in [9.17, 15) is 0 Å². The second-order valence-electron chi connectivity index (χ2n) is 6.52. The van der Waals surface area contributed by atoms with Gasteiger partial charge in [-0.25, -0.2) is 0 Å². The van der Waals surface area contributed by atoms with Crippen LogP contribution in [0.3, 0.4) is 0 Å². The Labute approximate surface area is 132 Å². The van der Waals surface area contributed by atoms with Crippen LogP contribution in [0.1, 0.15) is 19.3 Å². The van der Waals surface area contributed by atoms with Crippen molar-refractivity contribution >= 4 is 23.5 Å². The quantitative estimate of drug-likeness (QED) is 0.858. The third-order valence-corrected chi connectivity index (χ3v) is 7.57. The summed E-state index contributed by atoms with van der Waals surface area (Å²) in [5, 5.41) is 3.66. The van der Waals surface area contributed by atoms with Crippen molar-refractivity contribution in [1.82, 2.24) is 10.2 Å². The van der Waals surface area contributed by atoms with E-state index in [1.165, 1.54) is 48.8 Å². The van der Waals surface area contributed by atoms with Crippen LogP contribution in [-0.2, 0) is 4.74 Å². The molecule has 4 atom stereocenters. The SMILES string of the molecule is CNC(C1CCOC2(CCSC2)C1)C1CSCCN1C. The van der Waals surface area contributed by atoms with Crippen LogP contribution in [0.5, 0.6) is 0 Å². The number of hydrogen-bond acceptors (Lipinski definition) is 5. The largest absolute Gasteiger partial charge is 0.374 e. The molecule has 3 fully saturated rings. The topological polar surface area (TPSA) is 24.5 Å². The van der Waals surface area contributed by atoms with E-state index in [0.717, 1.165) is 12.5 Å². The zero-order valence-electron chi connectivity index (χ0n) is 12.8. The summed E-state index contributed by atoms with van der Waals surface area (Å²) in [6.45, 7) is 2.20. The highest BCUT2D eigenvalue weighted by atomic mass is 32.2. The van der Waals surface area contributed by atoms with Gasteiger partial charge in [-0.2, -0.15) is 23.5 Å². The molecule has 1 N–H and O–H groups in total. The van der Waals surface area contributed by atoms with Crippen LogP contribution < -0.4 is 5.32 Å². The van der Waals surface area contributed by atoms with Gasteiger partial charge in [0.15, 0.2) is 0 Å². The lowest BCUT2D eigenvalue weighted by atomic mass is 9.79. The molecule has 3 aliphatic heterocycles. The molecular formula is C15H28N2OS2. The van der Waals surface area contributed by atoms with E-state index in [4.69, 9.17) is 4.74 Å².